The van der Waals surface area contributed by atoms with Gasteiger partial charge in [-0.05, 0) is 6.92 Å². The predicted molar refractivity (Wildman–Crippen MR) is 58.6 cm³/mol. The van der Waals surface area contributed by atoms with Crippen LogP contribution in [-0.4, -0.2) is 38.4 Å². The van der Waals surface area contributed by atoms with E-state index >= 15 is 0 Å². The summed E-state index contributed by atoms with van der Waals surface area (Å²) in [7, 11) is 1.69. The molecular weight excluding hydrogens is 192 g/mol. The number of methoxy groups -OCH3 is 1. The highest BCUT2D eigenvalue weighted by Gasteiger charge is 2.13. The summed E-state index contributed by atoms with van der Waals surface area (Å²) in [6.07, 6.45) is 1.85. The van der Waals surface area contributed by atoms with Crippen molar-refractivity contribution in [2.75, 3.05) is 38.3 Å². The van der Waals surface area contributed by atoms with Gasteiger partial charge in [-0.1, -0.05) is 0 Å². The number of morpholine rings is 1. The smallest absolute Gasteiger partial charge is 0.132 e. The number of pyridine rings is 1. The number of hydrogen-bond donors (Lipinski definition) is 0. The number of ether oxygens (including phenoxy) is 2. The van der Waals surface area contributed by atoms with Crippen molar-refractivity contribution >= 4 is 5.82 Å². The largest absolute Gasteiger partial charge is 0.496 e. The Balaban J connectivity index is 2.20. The van der Waals surface area contributed by atoms with Crippen LogP contribution in [0.5, 0.6) is 5.75 Å². The third-order valence-corrected chi connectivity index (χ3v) is 2.59. The number of aromatic nitrogens is 1. The van der Waals surface area contributed by atoms with E-state index in [1.54, 1.807) is 7.11 Å². The van der Waals surface area contributed by atoms with E-state index in [0.717, 1.165) is 43.4 Å². The maximum absolute atomic E-state index is 5.30. The lowest BCUT2D eigenvalue weighted by Crippen LogP contribution is -2.36. The number of nitrogens with zero attached hydrogens (tertiary/aromatic N) is 2. The van der Waals surface area contributed by atoms with Crippen LogP contribution in [0.3, 0.4) is 0 Å². The second kappa shape index (κ2) is 4.49. The second-order valence-electron chi connectivity index (χ2n) is 3.61. The molecule has 0 aromatic carbocycles. The molecule has 1 aliphatic rings. The number of anilines is 1. The van der Waals surface area contributed by atoms with Crippen molar-refractivity contribution in [1.29, 1.82) is 0 Å². The normalized spacial score (nSPS) is 16.5. The van der Waals surface area contributed by atoms with Gasteiger partial charge in [0.15, 0.2) is 0 Å². The summed E-state index contributed by atoms with van der Waals surface area (Å²) < 4.78 is 10.6. The lowest BCUT2D eigenvalue weighted by Gasteiger charge is -2.28. The molecule has 4 nitrogen and oxygen atoms in total. The highest BCUT2D eigenvalue weighted by Crippen LogP contribution is 2.22. The first-order chi connectivity index (χ1) is 7.31. The highest BCUT2D eigenvalue weighted by atomic mass is 16.5. The molecule has 0 amide bonds. The maximum atomic E-state index is 5.30. The average molecular weight is 208 g/mol. The minimum absolute atomic E-state index is 0.776. The van der Waals surface area contributed by atoms with Gasteiger partial charge in [0.05, 0.1) is 20.3 Å². The molecule has 0 spiro atoms. The van der Waals surface area contributed by atoms with Crippen LogP contribution < -0.4 is 9.64 Å². The van der Waals surface area contributed by atoms with E-state index in [0.29, 0.717) is 0 Å². The summed E-state index contributed by atoms with van der Waals surface area (Å²) >= 11 is 0. The van der Waals surface area contributed by atoms with Gasteiger partial charge in [-0.25, -0.2) is 4.98 Å². The lowest BCUT2D eigenvalue weighted by molar-refractivity contribution is 0.122. The zero-order valence-corrected chi connectivity index (χ0v) is 9.19. The zero-order valence-electron chi connectivity index (χ0n) is 9.19. The van der Waals surface area contributed by atoms with Crippen molar-refractivity contribution in [1.82, 2.24) is 4.98 Å². The van der Waals surface area contributed by atoms with Gasteiger partial charge in [-0.2, -0.15) is 0 Å². The molecule has 15 heavy (non-hydrogen) atoms. The Hall–Kier alpha value is -1.29. The van der Waals surface area contributed by atoms with Crippen LogP contribution in [0.15, 0.2) is 12.3 Å². The predicted octanol–water partition coefficient (Wildman–Crippen LogP) is 1.24. The molecule has 2 heterocycles. The van der Waals surface area contributed by atoms with E-state index < -0.39 is 0 Å². The molecule has 0 radical (unpaired) electrons. The third-order valence-electron chi connectivity index (χ3n) is 2.59. The molecule has 4 heteroatoms. The van der Waals surface area contributed by atoms with Crippen LogP contribution >= 0.6 is 0 Å². The van der Waals surface area contributed by atoms with Crippen LogP contribution in [0.1, 0.15) is 5.56 Å². The fourth-order valence-electron chi connectivity index (χ4n) is 1.68. The molecular formula is C11H16N2O2. The van der Waals surface area contributed by atoms with E-state index in [2.05, 4.69) is 9.88 Å². The molecule has 0 aliphatic carbocycles. The highest BCUT2D eigenvalue weighted by molar-refractivity contribution is 5.47. The summed E-state index contributed by atoms with van der Waals surface area (Å²) in [6.45, 7) is 5.35. The fraction of sp³-hybridized carbons (Fsp3) is 0.545. The van der Waals surface area contributed by atoms with Crippen LogP contribution in [0.4, 0.5) is 5.82 Å². The lowest BCUT2D eigenvalue weighted by atomic mass is 10.2. The van der Waals surface area contributed by atoms with Crippen molar-refractivity contribution in [2.24, 2.45) is 0 Å². The van der Waals surface area contributed by atoms with Gasteiger partial charge < -0.3 is 14.4 Å². The second-order valence-corrected chi connectivity index (χ2v) is 3.61. The van der Waals surface area contributed by atoms with Gasteiger partial charge in [0.2, 0.25) is 0 Å². The van der Waals surface area contributed by atoms with Crippen molar-refractivity contribution in [3.63, 3.8) is 0 Å². The van der Waals surface area contributed by atoms with Crippen LogP contribution in [-0.2, 0) is 4.74 Å². The third kappa shape index (κ3) is 2.21. The molecule has 1 aromatic rings. The molecule has 82 valence electrons. The molecule has 0 N–H and O–H groups in total. The molecule has 0 unspecified atom stereocenters. The first kappa shape index (κ1) is 10.2. The first-order valence-corrected chi connectivity index (χ1v) is 5.14. The number of aryl methyl sites for hydroxylation is 1. The Morgan fingerprint density at radius 3 is 2.80 bits per heavy atom. The number of rotatable bonds is 2. The zero-order chi connectivity index (χ0) is 10.7. The standard InChI is InChI=1S/C11H16N2O2/c1-9-8-12-11(7-10(9)14-2)13-3-5-15-6-4-13/h7-8H,3-6H2,1-2H3. The summed E-state index contributed by atoms with van der Waals surface area (Å²) in [5.74, 6) is 1.87. The van der Waals surface area contributed by atoms with Gasteiger partial charge in [0, 0.05) is 30.9 Å². The van der Waals surface area contributed by atoms with Gasteiger partial charge in [-0.3, -0.25) is 0 Å². The summed E-state index contributed by atoms with van der Waals surface area (Å²) in [5.41, 5.74) is 1.06. The van der Waals surface area contributed by atoms with Crippen LogP contribution in [0, 0.1) is 6.92 Å². The van der Waals surface area contributed by atoms with Gasteiger partial charge in [0.25, 0.3) is 0 Å². The fourth-order valence-corrected chi connectivity index (χ4v) is 1.68. The Morgan fingerprint density at radius 2 is 2.13 bits per heavy atom. The minimum atomic E-state index is 0.776. The Kier molecular flexibility index (Phi) is 3.06. The van der Waals surface area contributed by atoms with E-state index in [4.69, 9.17) is 9.47 Å². The minimum Gasteiger partial charge on any atom is -0.496 e. The summed E-state index contributed by atoms with van der Waals surface area (Å²) in [4.78, 5) is 6.61. The Bertz CT molecular complexity index is 335. The Labute approximate surface area is 89.8 Å². The van der Waals surface area contributed by atoms with Gasteiger partial charge in [-0.15, -0.1) is 0 Å². The molecule has 0 bridgehead atoms. The van der Waals surface area contributed by atoms with Crippen LogP contribution in [0.2, 0.25) is 0 Å². The van der Waals surface area contributed by atoms with Crippen molar-refractivity contribution in [2.45, 2.75) is 6.92 Å². The number of hydrogen-bond acceptors (Lipinski definition) is 4. The van der Waals surface area contributed by atoms with Crippen molar-refractivity contribution < 1.29 is 9.47 Å². The molecule has 1 saturated heterocycles. The van der Waals surface area contributed by atoms with Gasteiger partial charge >= 0.3 is 0 Å². The van der Waals surface area contributed by atoms with E-state index in [1.165, 1.54) is 0 Å². The summed E-state index contributed by atoms with van der Waals surface area (Å²) in [5, 5.41) is 0. The topological polar surface area (TPSA) is 34.6 Å². The van der Waals surface area contributed by atoms with Crippen molar-refractivity contribution in [3.8, 4) is 5.75 Å². The molecule has 1 aromatic heterocycles. The molecule has 2 rings (SSSR count). The molecule has 1 aliphatic heterocycles. The first-order valence-electron chi connectivity index (χ1n) is 5.14. The van der Waals surface area contributed by atoms with Crippen molar-refractivity contribution in [3.05, 3.63) is 17.8 Å². The van der Waals surface area contributed by atoms with Crippen LogP contribution in [0.25, 0.3) is 0 Å². The maximum Gasteiger partial charge on any atom is 0.132 e. The molecule has 1 fully saturated rings. The SMILES string of the molecule is COc1cc(N2CCOCC2)ncc1C. The molecule has 0 saturated carbocycles. The van der Waals surface area contributed by atoms with E-state index in [-0.39, 0.29) is 0 Å². The summed E-state index contributed by atoms with van der Waals surface area (Å²) in [6, 6.07) is 1.99. The molecule has 0 atom stereocenters. The van der Waals surface area contributed by atoms with E-state index in [1.807, 2.05) is 19.2 Å². The van der Waals surface area contributed by atoms with E-state index in [9.17, 15) is 0 Å². The monoisotopic (exact) mass is 208 g/mol. The quantitative estimate of drug-likeness (QED) is 0.732. The average Bonchev–Trinajstić information content (AvgIpc) is 2.31. The Morgan fingerprint density at radius 1 is 1.40 bits per heavy atom. The van der Waals surface area contributed by atoms with Gasteiger partial charge in [0.1, 0.15) is 11.6 Å².